The van der Waals surface area contributed by atoms with Gasteiger partial charge in [0.2, 0.25) is 10.0 Å². The number of sulfonamides is 1. The molecule has 0 amide bonds. The van der Waals surface area contributed by atoms with E-state index in [9.17, 15) is 18.0 Å². The first-order valence-electron chi connectivity index (χ1n) is 7.81. The van der Waals surface area contributed by atoms with Crippen molar-refractivity contribution in [3.63, 3.8) is 0 Å². The van der Waals surface area contributed by atoms with Crippen molar-refractivity contribution < 1.29 is 22.7 Å². The molecular formula is C18H17NO5S. The van der Waals surface area contributed by atoms with Gasteiger partial charge in [0.15, 0.2) is 5.78 Å². The fraction of sp³-hybridized carbons (Fsp3) is 0.222. The molecule has 0 radical (unpaired) electrons. The van der Waals surface area contributed by atoms with Crippen molar-refractivity contribution in [2.24, 2.45) is 0 Å². The summed E-state index contributed by atoms with van der Waals surface area (Å²) in [7, 11) is -3.64. The van der Waals surface area contributed by atoms with Crippen molar-refractivity contribution in [2.45, 2.75) is 30.7 Å². The van der Waals surface area contributed by atoms with Crippen LogP contribution in [-0.4, -0.2) is 26.2 Å². The first kappa shape index (κ1) is 17.3. The minimum absolute atomic E-state index is 0.0135. The smallest absolute Gasteiger partial charge is 0.343 e. The summed E-state index contributed by atoms with van der Waals surface area (Å²) in [5.74, 6) is -0.475. The molecule has 1 aliphatic rings. The molecule has 0 aliphatic heterocycles. The van der Waals surface area contributed by atoms with Gasteiger partial charge in [0, 0.05) is 11.6 Å². The Hall–Kier alpha value is -2.51. The summed E-state index contributed by atoms with van der Waals surface area (Å²) in [5, 5.41) is 0. The van der Waals surface area contributed by atoms with E-state index in [0.29, 0.717) is 5.56 Å². The number of ether oxygens (including phenoxy) is 1. The molecule has 0 unspecified atom stereocenters. The number of nitrogens with one attached hydrogen (secondary N) is 1. The van der Waals surface area contributed by atoms with Crippen LogP contribution in [0.1, 0.15) is 40.5 Å². The molecule has 25 heavy (non-hydrogen) atoms. The van der Waals surface area contributed by atoms with Gasteiger partial charge in [-0.25, -0.2) is 17.9 Å². The molecule has 6 nitrogen and oxygen atoms in total. The summed E-state index contributed by atoms with van der Waals surface area (Å²) in [6, 6.07) is 11.9. The third-order valence-corrected chi connectivity index (χ3v) is 5.27. The fourth-order valence-corrected chi connectivity index (χ4v) is 3.55. The van der Waals surface area contributed by atoms with Crippen LogP contribution >= 0.6 is 0 Å². The topological polar surface area (TPSA) is 89.5 Å². The number of rotatable bonds is 6. The first-order valence-corrected chi connectivity index (χ1v) is 9.29. The number of hydrogen-bond acceptors (Lipinski definition) is 5. The molecule has 1 N–H and O–H groups in total. The summed E-state index contributed by atoms with van der Waals surface area (Å²) >= 11 is 0. The predicted octanol–water partition coefficient (Wildman–Crippen LogP) is 2.55. The van der Waals surface area contributed by atoms with E-state index >= 15 is 0 Å². The van der Waals surface area contributed by atoms with E-state index in [1.165, 1.54) is 43.3 Å². The Balaban J connectivity index is 1.75. The normalized spacial score (nSPS) is 14.1. The quantitative estimate of drug-likeness (QED) is 0.486. The van der Waals surface area contributed by atoms with Gasteiger partial charge in [-0.3, -0.25) is 4.79 Å². The molecule has 0 saturated heterocycles. The maximum Gasteiger partial charge on any atom is 0.343 e. The van der Waals surface area contributed by atoms with Crippen LogP contribution in [0.2, 0.25) is 0 Å². The lowest BCUT2D eigenvalue weighted by Gasteiger charge is -2.08. The maximum absolute atomic E-state index is 12.2. The van der Waals surface area contributed by atoms with Crippen LogP contribution < -0.4 is 9.46 Å². The zero-order valence-corrected chi connectivity index (χ0v) is 14.4. The lowest BCUT2D eigenvalue weighted by Crippen LogP contribution is -2.26. The van der Waals surface area contributed by atoms with Crippen LogP contribution in [0.3, 0.4) is 0 Å². The van der Waals surface area contributed by atoms with Gasteiger partial charge in [0.1, 0.15) is 5.75 Å². The minimum Gasteiger partial charge on any atom is -0.423 e. The predicted molar refractivity (Wildman–Crippen MR) is 91.2 cm³/mol. The molecule has 7 heteroatoms. The molecule has 1 fully saturated rings. The van der Waals surface area contributed by atoms with Crippen LogP contribution in [0.15, 0.2) is 53.4 Å². The third kappa shape index (κ3) is 4.32. The number of ketones is 1. The van der Waals surface area contributed by atoms with Gasteiger partial charge in [-0.1, -0.05) is 6.07 Å². The molecule has 0 aromatic heterocycles. The highest BCUT2D eigenvalue weighted by atomic mass is 32.2. The van der Waals surface area contributed by atoms with Gasteiger partial charge in [-0.05, 0) is 62.2 Å². The van der Waals surface area contributed by atoms with Gasteiger partial charge >= 0.3 is 5.97 Å². The number of Topliss-reactive ketones (excluding diaryl/α,β-unsaturated/α-hetero) is 1. The molecule has 0 spiro atoms. The van der Waals surface area contributed by atoms with E-state index in [0.717, 1.165) is 12.8 Å². The summed E-state index contributed by atoms with van der Waals surface area (Å²) in [6.07, 6.45) is 1.66. The van der Waals surface area contributed by atoms with Crippen LogP contribution in [0, 0.1) is 0 Å². The van der Waals surface area contributed by atoms with Crippen molar-refractivity contribution in [1.82, 2.24) is 4.72 Å². The monoisotopic (exact) mass is 359 g/mol. The molecule has 130 valence electrons. The van der Waals surface area contributed by atoms with E-state index in [-0.39, 0.29) is 28.0 Å². The zero-order valence-electron chi connectivity index (χ0n) is 13.6. The van der Waals surface area contributed by atoms with Crippen molar-refractivity contribution in [3.8, 4) is 5.75 Å². The molecule has 0 atom stereocenters. The number of benzene rings is 2. The molecule has 0 heterocycles. The van der Waals surface area contributed by atoms with Crippen molar-refractivity contribution in [3.05, 3.63) is 59.7 Å². The van der Waals surface area contributed by atoms with Crippen LogP contribution in [0.4, 0.5) is 0 Å². The van der Waals surface area contributed by atoms with Crippen LogP contribution in [-0.2, 0) is 10.0 Å². The lowest BCUT2D eigenvalue weighted by molar-refractivity contribution is 0.0734. The van der Waals surface area contributed by atoms with Gasteiger partial charge in [0.05, 0.1) is 10.5 Å². The number of carbonyl (C=O) groups is 2. The largest absolute Gasteiger partial charge is 0.423 e. The minimum atomic E-state index is -3.64. The second kappa shape index (κ2) is 6.78. The highest BCUT2D eigenvalue weighted by Gasteiger charge is 2.28. The number of carbonyl (C=O) groups excluding carboxylic acids is 2. The second-order valence-electron chi connectivity index (χ2n) is 5.89. The van der Waals surface area contributed by atoms with E-state index in [4.69, 9.17) is 4.74 Å². The SMILES string of the molecule is CC(=O)c1ccc(OC(=O)c2cccc(S(=O)(=O)NC3CC3)c2)cc1. The van der Waals surface area contributed by atoms with E-state index < -0.39 is 16.0 Å². The zero-order chi connectivity index (χ0) is 18.0. The number of hydrogen-bond donors (Lipinski definition) is 1. The molecule has 1 aliphatic carbocycles. The Bertz CT molecular complexity index is 915. The number of esters is 1. The van der Waals surface area contributed by atoms with Crippen LogP contribution in [0.5, 0.6) is 5.75 Å². The molecular weight excluding hydrogens is 342 g/mol. The molecule has 2 aromatic carbocycles. The van der Waals surface area contributed by atoms with Gasteiger partial charge in [-0.15, -0.1) is 0 Å². The van der Waals surface area contributed by atoms with Crippen LogP contribution in [0.25, 0.3) is 0 Å². The molecule has 0 bridgehead atoms. The Morgan fingerprint density at radius 2 is 1.72 bits per heavy atom. The molecule has 3 rings (SSSR count). The Labute approximate surface area is 145 Å². The first-order chi connectivity index (χ1) is 11.8. The Morgan fingerprint density at radius 1 is 1.04 bits per heavy atom. The van der Waals surface area contributed by atoms with Crippen molar-refractivity contribution in [2.75, 3.05) is 0 Å². The van der Waals surface area contributed by atoms with Crippen molar-refractivity contribution in [1.29, 1.82) is 0 Å². The van der Waals surface area contributed by atoms with E-state index in [1.807, 2.05) is 0 Å². The highest BCUT2D eigenvalue weighted by molar-refractivity contribution is 7.89. The average molecular weight is 359 g/mol. The standard InChI is InChI=1S/C18H17NO5S/c1-12(20)13-5-9-16(10-6-13)24-18(21)14-3-2-4-17(11-14)25(22,23)19-15-7-8-15/h2-6,9-11,15,19H,7-8H2,1H3. The second-order valence-corrected chi connectivity index (χ2v) is 7.61. The highest BCUT2D eigenvalue weighted by Crippen LogP contribution is 2.23. The molecule has 1 saturated carbocycles. The Morgan fingerprint density at radius 3 is 2.32 bits per heavy atom. The maximum atomic E-state index is 12.2. The molecule has 2 aromatic rings. The summed E-state index contributed by atoms with van der Waals surface area (Å²) < 4.78 is 32.2. The van der Waals surface area contributed by atoms with Gasteiger partial charge in [-0.2, -0.15) is 0 Å². The fourth-order valence-electron chi connectivity index (χ4n) is 2.20. The third-order valence-electron chi connectivity index (χ3n) is 3.75. The lowest BCUT2D eigenvalue weighted by atomic mass is 10.1. The average Bonchev–Trinajstić information content (AvgIpc) is 3.39. The Kier molecular flexibility index (Phi) is 4.69. The van der Waals surface area contributed by atoms with E-state index in [1.54, 1.807) is 12.1 Å². The van der Waals surface area contributed by atoms with Crippen molar-refractivity contribution >= 4 is 21.8 Å². The summed E-state index contributed by atoms with van der Waals surface area (Å²) in [5.41, 5.74) is 0.647. The van der Waals surface area contributed by atoms with Gasteiger partial charge in [0.25, 0.3) is 0 Å². The summed E-state index contributed by atoms with van der Waals surface area (Å²) in [4.78, 5) is 23.5. The summed E-state index contributed by atoms with van der Waals surface area (Å²) in [6.45, 7) is 1.45. The van der Waals surface area contributed by atoms with E-state index in [2.05, 4.69) is 4.72 Å². The van der Waals surface area contributed by atoms with Gasteiger partial charge < -0.3 is 4.74 Å².